The minimum atomic E-state index is -0.323. The van der Waals surface area contributed by atoms with Gasteiger partial charge in [0.25, 0.3) is 0 Å². The summed E-state index contributed by atoms with van der Waals surface area (Å²) < 4.78 is 6.91. The van der Waals surface area contributed by atoms with Crippen LogP contribution in [0.15, 0.2) is 24.3 Å². The van der Waals surface area contributed by atoms with Gasteiger partial charge >= 0.3 is 5.97 Å². The van der Waals surface area contributed by atoms with E-state index in [1.807, 2.05) is 13.8 Å². The van der Waals surface area contributed by atoms with Gasteiger partial charge in [-0.15, -0.1) is 0 Å². The lowest BCUT2D eigenvalue weighted by Gasteiger charge is -2.06. The summed E-state index contributed by atoms with van der Waals surface area (Å²) in [6, 6.07) is 6.65. The summed E-state index contributed by atoms with van der Waals surface area (Å²) in [7, 11) is 0. The average molecular weight is 313 g/mol. The van der Waals surface area contributed by atoms with Gasteiger partial charge < -0.3 is 4.74 Å². The number of aromatic nitrogens is 2. The molecule has 0 radical (unpaired) electrons. The van der Waals surface area contributed by atoms with Crippen molar-refractivity contribution in [1.29, 1.82) is 0 Å². The molecule has 0 atom stereocenters. The number of hydrogen-bond donors (Lipinski definition) is 0. The van der Waals surface area contributed by atoms with E-state index in [0.29, 0.717) is 22.3 Å². The van der Waals surface area contributed by atoms with Crippen LogP contribution in [0, 0.1) is 13.8 Å². The lowest BCUT2D eigenvalue weighted by molar-refractivity contribution is -0.134. The van der Waals surface area contributed by atoms with Crippen LogP contribution in [-0.2, 0) is 11.3 Å². The Morgan fingerprint density at radius 2 is 1.90 bits per heavy atom. The monoisotopic (exact) mass is 312 g/mol. The van der Waals surface area contributed by atoms with E-state index in [1.165, 1.54) is 0 Å². The molecule has 2 aromatic rings. The Kier molecular flexibility index (Phi) is 4.68. The number of benzene rings is 1. The second kappa shape index (κ2) is 6.29. The molecule has 20 heavy (non-hydrogen) atoms. The molecule has 0 N–H and O–H groups in total. The number of esters is 1. The molecule has 2 rings (SSSR count). The average Bonchev–Trinajstić information content (AvgIpc) is 2.66. The molecular formula is C14H14Cl2N2O2. The highest BCUT2D eigenvalue weighted by molar-refractivity contribution is 6.31. The summed E-state index contributed by atoms with van der Waals surface area (Å²) in [4.78, 5) is 11.7. The van der Waals surface area contributed by atoms with Crippen molar-refractivity contribution in [1.82, 2.24) is 9.78 Å². The van der Waals surface area contributed by atoms with E-state index in [4.69, 9.17) is 27.9 Å². The summed E-state index contributed by atoms with van der Waals surface area (Å²) in [5.41, 5.74) is 1.61. The molecule has 1 aromatic carbocycles. The van der Waals surface area contributed by atoms with Crippen LogP contribution in [0.5, 0.6) is 5.75 Å². The first-order valence-electron chi connectivity index (χ1n) is 6.13. The Hall–Kier alpha value is -1.52. The van der Waals surface area contributed by atoms with Gasteiger partial charge in [0.2, 0.25) is 0 Å². The van der Waals surface area contributed by atoms with Gasteiger partial charge in [0.05, 0.1) is 29.4 Å². The fourth-order valence-corrected chi connectivity index (χ4v) is 2.04. The Labute approximate surface area is 127 Å². The molecule has 4 nitrogen and oxygen atoms in total. The number of halogens is 2. The highest BCUT2D eigenvalue weighted by Gasteiger charge is 2.11. The third-order valence-corrected chi connectivity index (χ3v) is 3.67. The Bertz CT molecular complexity index is 621. The summed E-state index contributed by atoms with van der Waals surface area (Å²) >= 11 is 11.8. The number of aryl methyl sites for hydroxylation is 2. The predicted octanol–water partition coefficient (Wildman–Crippen LogP) is 3.80. The first-order chi connectivity index (χ1) is 9.47. The largest absolute Gasteiger partial charge is 0.426 e. The number of carbonyl (C=O) groups excluding carboxylic acids is 1. The van der Waals surface area contributed by atoms with Crippen molar-refractivity contribution < 1.29 is 9.53 Å². The van der Waals surface area contributed by atoms with Crippen molar-refractivity contribution in [2.24, 2.45) is 0 Å². The van der Waals surface area contributed by atoms with Crippen LogP contribution >= 0.6 is 23.2 Å². The molecule has 0 bridgehead atoms. The molecular weight excluding hydrogens is 299 g/mol. The molecule has 0 aliphatic rings. The molecule has 0 aliphatic heterocycles. The third-order valence-electron chi connectivity index (χ3n) is 2.87. The molecule has 106 valence electrons. The van der Waals surface area contributed by atoms with Gasteiger partial charge in [-0.25, -0.2) is 0 Å². The minimum Gasteiger partial charge on any atom is -0.426 e. The normalized spacial score (nSPS) is 10.6. The standard InChI is InChI=1S/C14H14Cl2N2O2/c1-9-14(16)10(2)18(17-9)8-7-13(19)20-12-5-3-11(15)4-6-12/h3-6H,7-8H2,1-2H3. The van der Waals surface area contributed by atoms with Gasteiger partial charge in [-0.2, -0.15) is 5.10 Å². The van der Waals surface area contributed by atoms with Crippen molar-refractivity contribution in [3.63, 3.8) is 0 Å². The lowest BCUT2D eigenvalue weighted by Crippen LogP contribution is -2.13. The fourth-order valence-electron chi connectivity index (χ4n) is 1.78. The fraction of sp³-hybridized carbons (Fsp3) is 0.286. The summed E-state index contributed by atoms with van der Waals surface area (Å²) in [6.07, 6.45) is 0.223. The minimum absolute atomic E-state index is 0.223. The van der Waals surface area contributed by atoms with Gasteiger partial charge in [-0.05, 0) is 38.1 Å². The summed E-state index contributed by atoms with van der Waals surface area (Å²) in [5, 5.41) is 5.49. The highest BCUT2D eigenvalue weighted by atomic mass is 35.5. The second-order valence-electron chi connectivity index (χ2n) is 4.39. The van der Waals surface area contributed by atoms with Gasteiger partial charge in [0.15, 0.2) is 0 Å². The number of nitrogens with zero attached hydrogens (tertiary/aromatic N) is 2. The second-order valence-corrected chi connectivity index (χ2v) is 5.20. The molecule has 0 unspecified atom stereocenters. The summed E-state index contributed by atoms with van der Waals surface area (Å²) in [6.45, 7) is 4.14. The van der Waals surface area contributed by atoms with E-state index >= 15 is 0 Å². The summed E-state index contributed by atoms with van der Waals surface area (Å²) in [5.74, 6) is 0.154. The number of carbonyl (C=O) groups is 1. The van der Waals surface area contributed by atoms with E-state index in [-0.39, 0.29) is 12.4 Å². The van der Waals surface area contributed by atoms with Gasteiger partial charge in [-0.3, -0.25) is 9.48 Å². The number of hydrogen-bond acceptors (Lipinski definition) is 3. The van der Waals surface area contributed by atoms with Crippen molar-refractivity contribution in [3.05, 3.63) is 45.7 Å². The van der Waals surface area contributed by atoms with Crippen LogP contribution < -0.4 is 4.74 Å². The topological polar surface area (TPSA) is 44.1 Å². The van der Waals surface area contributed by atoms with Crippen LogP contribution in [0.2, 0.25) is 10.0 Å². The van der Waals surface area contributed by atoms with Gasteiger partial charge in [0.1, 0.15) is 5.75 Å². The number of ether oxygens (including phenoxy) is 1. The van der Waals surface area contributed by atoms with E-state index < -0.39 is 0 Å². The van der Waals surface area contributed by atoms with Crippen LogP contribution in [0.1, 0.15) is 17.8 Å². The van der Waals surface area contributed by atoms with Crippen molar-refractivity contribution in [3.8, 4) is 5.75 Å². The van der Waals surface area contributed by atoms with Crippen molar-refractivity contribution in [2.75, 3.05) is 0 Å². The van der Waals surface area contributed by atoms with Crippen LogP contribution in [0.3, 0.4) is 0 Å². The number of rotatable bonds is 4. The first kappa shape index (κ1) is 14.9. The van der Waals surface area contributed by atoms with Gasteiger partial charge in [-0.1, -0.05) is 23.2 Å². The van der Waals surface area contributed by atoms with Crippen molar-refractivity contribution >= 4 is 29.2 Å². The predicted molar refractivity (Wildman–Crippen MR) is 78.4 cm³/mol. The van der Waals surface area contributed by atoms with Crippen molar-refractivity contribution in [2.45, 2.75) is 26.8 Å². The maximum absolute atomic E-state index is 11.7. The Morgan fingerprint density at radius 3 is 2.45 bits per heavy atom. The zero-order valence-electron chi connectivity index (χ0n) is 11.2. The smallest absolute Gasteiger partial charge is 0.313 e. The third kappa shape index (κ3) is 3.52. The molecule has 0 spiro atoms. The quantitative estimate of drug-likeness (QED) is 0.637. The molecule has 0 aliphatic carbocycles. The molecule has 0 saturated heterocycles. The van der Waals surface area contributed by atoms with E-state index in [9.17, 15) is 4.79 Å². The lowest BCUT2D eigenvalue weighted by atomic mass is 10.3. The Balaban J connectivity index is 1.92. The molecule has 6 heteroatoms. The molecule has 1 aromatic heterocycles. The maximum Gasteiger partial charge on any atom is 0.313 e. The van der Waals surface area contributed by atoms with Crippen LogP contribution in [-0.4, -0.2) is 15.7 Å². The van der Waals surface area contributed by atoms with E-state index in [2.05, 4.69) is 5.10 Å². The molecule has 1 heterocycles. The van der Waals surface area contributed by atoms with Gasteiger partial charge in [0, 0.05) is 5.02 Å². The molecule has 0 amide bonds. The first-order valence-corrected chi connectivity index (χ1v) is 6.88. The van der Waals surface area contributed by atoms with E-state index in [1.54, 1.807) is 28.9 Å². The Morgan fingerprint density at radius 1 is 1.25 bits per heavy atom. The SMILES string of the molecule is Cc1nn(CCC(=O)Oc2ccc(Cl)cc2)c(C)c1Cl. The maximum atomic E-state index is 11.7. The molecule has 0 fully saturated rings. The highest BCUT2D eigenvalue weighted by Crippen LogP contribution is 2.19. The zero-order valence-corrected chi connectivity index (χ0v) is 12.7. The molecule has 0 saturated carbocycles. The zero-order chi connectivity index (χ0) is 14.7. The van der Waals surface area contributed by atoms with Crippen LogP contribution in [0.25, 0.3) is 0 Å². The van der Waals surface area contributed by atoms with E-state index in [0.717, 1.165) is 11.4 Å². The van der Waals surface area contributed by atoms with Crippen LogP contribution in [0.4, 0.5) is 0 Å².